The Morgan fingerprint density at radius 3 is 2.72 bits per heavy atom. The fourth-order valence-electron chi connectivity index (χ4n) is 2.43. The van der Waals surface area contributed by atoms with E-state index in [1.165, 1.54) is 32.4 Å². The second-order valence-electron chi connectivity index (χ2n) is 4.97. The van der Waals surface area contributed by atoms with Crippen LogP contribution in [0.15, 0.2) is 6.07 Å². The number of nitrogens with one attached hydrogen (secondary N) is 1. The fraction of sp³-hybridized carbons (Fsp3) is 0.714. The van der Waals surface area contributed by atoms with Gasteiger partial charge in [-0.3, -0.25) is 0 Å². The predicted molar refractivity (Wildman–Crippen MR) is 74.9 cm³/mol. The van der Waals surface area contributed by atoms with Crippen molar-refractivity contribution in [3.05, 3.63) is 17.6 Å². The van der Waals surface area contributed by atoms with Crippen LogP contribution in [0.1, 0.15) is 37.7 Å². The topological polar surface area (TPSA) is 41.0 Å². The first-order valence-corrected chi connectivity index (χ1v) is 7.08. The molecule has 100 valence electrons. The van der Waals surface area contributed by atoms with Gasteiger partial charge in [0.1, 0.15) is 11.6 Å². The van der Waals surface area contributed by atoms with E-state index in [0.29, 0.717) is 0 Å². The van der Waals surface area contributed by atoms with E-state index in [-0.39, 0.29) is 0 Å². The van der Waals surface area contributed by atoms with Crippen molar-refractivity contribution in [2.24, 2.45) is 0 Å². The minimum Gasteiger partial charge on any atom is -0.369 e. The molecule has 0 bridgehead atoms. The number of anilines is 1. The lowest BCUT2D eigenvalue weighted by atomic mass is 10.1. The molecule has 1 aromatic heterocycles. The highest BCUT2D eigenvalue weighted by Crippen LogP contribution is 2.09. The summed E-state index contributed by atoms with van der Waals surface area (Å²) in [6.07, 6.45) is 5.07. The molecule has 2 heterocycles. The maximum Gasteiger partial charge on any atom is 0.129 e. The van der Waals surface area contributed by atoms with Gasteiger partial charge in [-0.1, -0.05) is 13.3 Å². The van der Waals surface area contributed by atoms with E-state index in [0.717, 1.165) is 36.8 Å². The molecule has 4 heteroatoms. The quantitative estimate of drug-likeness (QED) is 0.867. The first-order chi connectivity index (χ1) is 8.78. The van der Waals surface area contributed by atoms with Gasteiger partial charge in [0.15, 0.2) is 0 Å². The Bertz CT molecular complexity index is 372. The molecule has 1 N–H and O–H groups in total. The molecule has 1 aliphatic rings. The smallest absolute Gasteiger partial charge is 0.129 e. The minimum absolute atomic E-state index is 0.856. The van der Waals surface area contributed by atoms with Crippen LogP contribution in [0.4, 0.5) is 5.82 Å². The molecule has 0 spiro atoms. The largest absolute Gasteiger partial charge is 0.369 e. The first-order valence-electron chi connectivity index (χ1n) is 7.08. The third-order valence-corrected chi connectivity index (χ3v) is 3.44. The van der Waals surface area contributed by atoms with Crippen molar-refractivity contribution >= 4 is 5.82 Å². The molecule has 0 radical (unpaired) electrons. The summed E-state index contributed by atoms with van der Waals surface area (Å²) in [6.45, 7) is 8.67. The maximum absolute atomic E-state index is 4.42. The van der Waals surface area contributed by atoms with E-state index in [4.69, 9.17) is 0 Å². The van der Waals surface area contributed by atoms with Gasteiger partial charge in [0.2, 0.25) is 0 Å². The van der Waals surface area contributed by atoms with Crippen LogP contribution in [0.25, 0.3) is 0 Å². The average Bonchev–Trinajstić information content (AvgIpc) is 2.39. The van der Waals surface area contributed by atoms with Crippen molar-refractivity contribution in [3.63, 3.8) is 0 Å². The minimum atomic E-state index is 0.856. The van der Waals surface area contributed by atoms with E-state index < -0.39 is 0 Å². The number of aryl methyl sites for hydroxylation is 2. The SMILES string of the molecule is CCc1cc(NCCN2CCCCC2)nc(C)n1. The monoisotopic (exact) mass is 248 g/mol. The molecular formula is C14H24N4. The van der Waals surface area contributed by atoms with Crippen LogP contribution < -0.4 is 5.32 Å². The lowest BCUT2D eigenvalue weighted by molar-refractivity contribution is 0.237. The summed E-state index contributed by atoms with van der Waals surface area (Å²) in [4.78, 5) is 11.3. The number of hydrogen-bond acceptors (Lipinski definition) is 4. The van der Waals surface area contributed by atoms with Crippen molar-refractivity contribution in [2.75, 3.05) is 31.5 Å². The molecule has 1 aromatic rings. The van der Waals surface area contributed by atoms with Crippen molar-refractivity contribution in [2.45, 2.75) is 39.5 Å². The Hall–Kier alpha value is -1.16. The summed E-state index contributed by atoms with van der Waals surface area (Å²) in [5.74, 6) is 1.83. The number of aromatic nitrogens is 2. The molecule has 0 atom stereocenters. The van der Waals surface area contributed by atoms with E-state index >= 15 is 0 Å². The Morgan fingerprint density at radius 1 is 1.22 bits per heavy atom. The van der Waals surface area contributed by atoms with Gasteiger partial charge in [0, 0.05) is 24.8 Å². The third-order valence-electron chi connectivity index (χ3n) is 3.44. The summed E-state index contributed by atoms with van der Waals surface area (Å²) < 4.78 is 0. The Balaban J connectivity index is 1.80. The van der Waals surface area contributed by atoms with Gasteiger partial charge in [-0.05, 0) is 39.3 Å². The zero-order chi connectivity index (χ0) is 12.8. The van der Waals surface area contributed by atoms with Crippen LogP contribution >= 0.6 is 0 Å². The van der Waals surface area contributed by atoms with Gasteiger partial charge >= 0.3 is 0 Å². The molecule has 0 unspecified atom stereocenters. The van der Waals surface area contributed by atoms with Gasteiger partial charge in [-0.15, -0.1) is 0 Å². The standard InChI is InChI=1S/C14H24N4/c1-3-13-11-14(17-12(2)16-13)15-7-10-18-8-5-4-6-9-18/h11H,3-10H2,1-2H3,(H,15,16,17). The summed E-state index contributed by atoms with van der Waals surface area (Å²) in [5, 5.41) is 3.41. The van der Waals surface area contributed by atoms with E-state index in [1.54, 1.807) is 0 Å². The normalized spacial score (nSPS) is 16.8. The Labute approximate surface area is 110 Å². The number of piperidine rings is 1. The Morgan fingerprint density at radius 2 is 2.00 bits per heavy atom. The maximum atomic E-state index is 4.42. The third kappa shape index (κ3) is 3.95. The highest BCUT2D eigenvalue weighted by Gasteiger charge is 2.09. The number of nitrogens with zero attached hydrogens (tertiary/aromatic N) is 3. The van der Waals surface area contributed by atoms with Crippen LogP contribution in [0.3, 0.4) is 0 Å². The number of hydrogen-bond donors (Lipinski definition) is 1. The number of likely N-dealkylation sites (tertiary alicyclic amines) is 1. The van der Waals surface area contributed by atoms with Gasteiger partial charge < -0.3 is 10.2 Å². The highest BCUT2D eigenvalue weighted by molar-refractivity contribution is 5.35. The molecule has 2 rings (SSSR count). The summed E-state index contributed by atoms with van der Waals surface area (Å²) in [7, 11) is 0. The number of rotatable bonds is 5. The van der Waals surface area contributed by atoms with Crippen LogP contribution in [0.2, 0.25) is 0 Å². The first kappa shape index (κ1) is 13.3. The van der Waals surface area contributed by atoms with Gasteiger partial charge in [0.05, 0.1) is 0 Å². The fourth-order valence-corrected chi connectivity index (χ4v) is 2.43. The zero-order valence-electron chi connectivity index (χ0n) is 11.6. The molecule has 1 aliphatic heterocycles. The summed E-state index contributed by atoms with van der Waals surface area (Å²) >= 11 is 0. The van der Waals surface area contributed by atoms with Gasteiger partial charge in [-0.25, -0.2) is 9.97 Å². The summed E-state index contributed by atoms with van der Waals surface area (Å²) in [6, 6.07) is 2.06. The van der Waals surface area contributed by atoms with Crippen LogP contribution in [0, 0.1) is 6.92 Å². The van der Waals surface area contributed by atoms with Crippen LogP contribution in [0.5, 0.6) is 0 Å². The van der Waals surface area contributed by atoms with E-state index in [2.05, 4.69) is 33.2 Å². The van der Waals surface area contributed by atoms with Crippen LogP contribution in [-0.4, -0.2) is 41.0 Å². The molecule has 18 heavy (non-hydrogen) atoms. The van der Waals surface area contributed by atoms with Crippen molar-refractivity contribution in [1.29, 1.82) is 0 Å². The highest BCUT2D eigenvalue weighted by atomic mass is 15.1. The summed E-state index contributed by atoms with van der Waals surface area (Å²) in [5.41, 5.74) is 1.11. The second-order valence-corrected chi connectivity index (χ2v) is 4.97. The molecule has 4 nitrogen and oxygen atoms in total. The molecule has 1 saturated heterocycles. The predicted octanol–water partition coefficient (Wildman–Crippen LogP) is 2.25. The molecule has 1 fully saturated rings. The Kier molecular flexibility index (Phi) is 4.93. The molecule has 0 saturated carbocycles. The van der Waals surface area contributed by atoms with E-state index in [9.17, 15) is 0 Å². The van der Waals surface area contributed by atoms with Crippen molar-refractivity contribution in [3.8, 4) is 0 Å². The molecule has 0 aliphatic carbocycles. The molecular weight excluding hydrogens is 224 g/mol. The lowest BCUT2D eigenvalue weighted by Crippen LogP contribution is -2.33. The van der Waals surface area contributed by atoms with Gasteiger partial charge in [-0.2, -0.15) is 0 Å². The molecule has 0 amide bonds. The molecule has 0 aromatic carbocycles. The second kappa shape index (κ2) is 6.69. The zero-order valence-corrected chi connectivity index (χ0v) is 11.6. The van der Waals surface area contributed by atoms with Crippen LogP contribution in [-0.2, 0) is 6.42 Å². The average molecular weight is 248 g/mol. The van der Waals surface area contributed by atoms with E-state index in [1.807, 2.05) is 6.92 Å². The van der Waals surface area contributed by atoms with Gasteiger partial charge in [0.25, 0.3) is 0 Å². The lowest BCUT2D eigenvalue weighted by Gasteiger charge is -2.26. The van der Waals surface area contributed by atoms with Crippen molar-refractivity contribution in [1.82, 2.24) is 14.9 Å². The van der Waals surface area contributed by atoms with Crippen molar-refractivity contribution < 1.29 is 0 Å².